The zero-order valence-corrected chi connectivity index (χ0v) is 13.3. The molecule has 124 valence electrons. The van der Waals surface area contributed by atoms with Crippen molar-refractivity contribution in [1.82, 2.24) is 0 Å². The maximum Gasteiger partial charge on any atom is 0.344 e. The lowest BCUT2D eigenvalue weighted by Gasteiger charge is -2.60. The van der Waals surface area contributed by atoms with Gasteiger partial charge in [0.25, 0.3) is 0 Å². The number of hydrogen-bond acceptors (Lipinski definition) is 4. The normalized spacial score (nSPS) is 40.3. The van der Waals surface area contributed by atoms with Gasteiger partial charge in [-0.3, -0.25) is 0 Å². The van der Waals surface area contributed by atoms with Crippen LogP contribution >= 0.6 is 0 Å². The van der Waals surface area contributed by atoms with Crippen LogP contribution in [-0.2, 0) is 19.1 Å². The molecule has 0 aliphatic heterocycles. The molecule has 0 spiro atoms. The van der Waals surface area contributed by atoms with E-state index in [4.69, 9.17) is 4.74 Å². The third-order valence-corrected chi connectivity index (χ3v) is 6.03. The highest BCUT2D eigenvalue weighted by atomic mass is 19.1. The first kappa shape index (κ1) is 15.8. The van der Waals surface area contributed by atoms with Gasteiger partial charge in [0.1, 0.15) is 5.60 Å². The number of hydrogen-bond donors (Lipinski definition) is 0. The summed E-state index contributed by atoms with van der Waals surface area (Å²) in [5.74, 6) is 0.926. The number of carbonyl (C=O) groups is 2. The van der Waals surface area contributed by atoms with E-state index >= 15 is 0 Å². The van der Waals surface area contributed by atoms with E-state index in [1.54, 1.807) is 0 Å². The minimum absolute atomic E-state index is 0.391. The second-order valence-corrected chi connectivity index (χ2v) is 7.31. The van der Waals surface area contributed by atoms with E-state index in [1.165, 1.54) is 6.42 Å². The number of carbonyl (C=O) groups excluding carboxylic acids is 2. The van der Waals surface area contributed by atoms with Crippen molar-refractivity contribution < 1.29 is 23.5 Å². The molecule has 0 saturated heterocycles. The Hall–Kier alpha value is -1.13. The number of alkyl halides is 1. The van der Waals surface area contributed by atoms with Gasteiger partial charge in [-0.05, 0) is 69.1 Å². The molecule has 1 atom stereocenters. The zero-order valence-electron chi connectivity index (χ0n) is 13.3. The monoisotopic (exact) mass is 312 g/mol. The van der Waals surface area contributed by atoms with E-state index < -0.39 is 30.3 Å². The molecule has 4 saturated carbocycles. The van der Waals surface area contributed by atoms with E-state index in [9.17, 15) is 14.0 Å². The van der Waals surface area contributed by atoms with Gasteiger partial charge in [0.05, 0.1) is 0 Å². The fourth-order valence-corrected chi connectivity index (χ4v) is 5.28. The van der Waals surface area contributed by atoms with E-state index in [1.807, 2.05) is 0 Å². The first-order valence-electron chi connectivity index (χ1n) is 8.47. The molecule has 0 N–H and O–H groups in total. The molecule has 4 aliphatic rings. The van der Waals surface area contributed by atoms with Crippen LogP contribution in [0.2, 0.25) is 0 Å². The topological polar surface area (TPSA) is 52.6 Å². The molecule has 0 amide bonds. The van der Waals surface area contributed by atoms with Crippen LogP contribution in [-0.4, -0.2) is 30.3 Å². The summed E-state index contributed by atoms with van der Waals surface area (Å²) in [6.07, 6.45) is 5.03. The van der Waals surface area contributed by atoms with Gasteiger partial charge in [0.15, 0.2) is 12.8 Å². The zero-order chi connectivity index (χ0) is 15.9. The van der Waals surface area contributed by atoms with Gasteiger partial charge in [-0.1, -0.05) is 6.92 Å². The Labute approximate surface area is 130 Å². The summed E-state index contributed by atoms with van der Waals surface area (Å²) < 4.78 is 23.3. The third-order valence-electron chi connectivity index (χ3n) is 6.03. The quantitative estimate of drug-likeness (QED) is 0.732. The SMILES string of the molecule is CCC1(OC(=O)COC(=O)C(C)F)C2CC3CC(C2)CC1C3. The van der Waals surface area contributed by atoms with Gasteiger partial charge in [-0.2, -0.15) is 0 Å². The molecule has 4 aliphatic carbocycles. The van der Waals surface area contributed by atoms with Crippen molar-refractivity contribution >= 4 is 11.9 Å². The molecule has 0 radical (unpaired) electrons. The summed E-state index contributed by atoms with van der Waals surface area (Å²) in [6, 6.07) is 0. The average molecular weight is 312 g/mol. The average Bonchev–Trinajstić information content (AvgIpc) is 2.47. The van der Waals surface area contributed by atoms with Gasteiger partial charge in [-0.15, -0.1) is 0 Å². The summed E-state index contributed by atoms with van der Waals surface area (Å²) in [4.78, 5) is 23.2. The molecule has 4 fully saturated rings. The summed E-state index contributed by atoms with van der Waals surface area (Å²) in [6.45, 7) is 2.69. The fourth-order valence-electron chi connectivity index (χ4n) is 5.28. The van der Waals surface area contributed by atoms with Crippen molar-refractivity contribution in [1.29, 1.82) is 0 Å². The molecule has 0 aromatic heterocycles. The summed E-state index contributed by atoms with van der Waals surface area (Å²) >= 11 is 0. The van der Waals surface area contributed by atoms with Crippen LogP contribution in [0.5, 0.6) is 0 Å². The molecule has 4 rings (SSSR count). The first-order valence-corrected chi connectivity index (χ1v) is 8.47. The van der Waals surface area contributed by atoms with Crippen molar-refractivity contribution in [3.63, 3.8) is 0 Å². The summed E-state index contributed by atoms with van der Waals surface area (Å²) in [5.41, 5.74) is -0.391. The molecule has 0 heterocycles. The molecular weight excluding hydrogens is 287 g/mol. The van der Waals surface area contributed by atoms with Gasteiger partial charge in [-0.25, -0.2) is 14.0 Å². The number of rotatable bonds is 5. The standard InChI is InChI=1S/C17H25FO4/c1-3-17(22-15(19)9-21-16(20)10(2)18)13-5-11-4-12(7-13)8-14(17)6-11/h10-14H,3-9H2,1-2H3. The molecule has 4 bridgehead atoms. The lowest BCUT2D eigenvalue weighted by Crippen LogP contribution is -2.59. The molecular formula is C17H25FO4. The van der Waals surface area contributed by atoms with Gasteiger partial charge in [0.2, 0.25) is 0 Å². The van der Waals surface area contributed by atoms with Gasteiger partial charge >= 0.3 is 11.9 Å². The molecule has 0 aromatic rings. The maximum absolute atomic E-state index is 12.8. The van der Waals surface area contributed by atoms with Crippen LogP contribution in [0.15, 0.2) is 0 Å². The van der Waals surface area contributed by atoms with Gasteiger partial charge in [0, 0.05) is 0 Å². The van der Waals surface area contributed by atoms with E-state index in [0.29, 0.717) is 11.8 Å². The van der Waals surface area contributed by atoms with Crippen LogP contribution in [0, 0.1) is 23.7 Å². The molecule has 5 heteroatoms. The Kier molecular flexibility index (Phi) is 4.17. The van der Waals surface area contributed by atoms with Crippen molar-refractivity contribution in [3.05, 3.63) is 0 Å². The second kappa shape index (κ2) is 5.82. The summed E-state index contributed by atoms with van der Waals surface area (Å²) in [5, 5.41) is 0. The minimum atomic E-state index is -1.71. The molecule has 4 nitrogen and oxygen atoms in total. The van der Waals surface area contributed by atoms with E-state index in [2.05, 4.69) is 11.7 Å². The number of esters is 2. The number of halogens is 1. The van der Waals surface area contributed by atoms with E-state index in [0.717, 1.165) is 50.9 Å². The summed E-state index contributed by atoms with van der Waals surface area (Å²) in [7, 11) is 0. The highest BCUT2D eigenvalue weighted by Gasteiger charge is 2.58. The Morgan fingerprint density at radius 2 is 1.68 bits per heavy atom. The largest absolute Gasteiger partial charge is 0.456 e. The fraction of sp³-hybridized carbons (Fsp3) is 0.882. The number of ether oxygens (including phenoxy) is 2. The highest BCUT2D eigenvalue weighted by Crippen LogP contribution is 2.60. The smallest absolute Gasteiger partial charge is 0.344 e. The Morgan fingerprint density at radius 1 is 1.14 bits per heavy atom. The lowest BCUT2D eigenvalue weighted by molar-refractivity contribution is -0.214. The maximum atomic E-state index is 12.8. The Balaban J connectivity index is 1.64. The molecule has 0 aromatic carbocycles. The minimum Gasteiger partial charge on any atom is -0.456 e. The predicted molar refractivity (Wildman–Crippen MR) is 77.7 cm³/mol. The predicted octanol–water partition coefficient (Wildman–Crippen LogP) is 3.04. The first-order chi connectivity index (χ1) is 10.4. The van der Waals surface area contributed by atoms with Crippen LogP contribution in [0.25, 0.3) is 0 Å². The van der Waals surface area contributed by atoms with Crippen molar-refractivity contribution in [2.45, 2.75) is 64.1 Å². The Bertz CT molecular complexity index is 432. The molecule has 22 heavy (non-hydrogen) atoms. The van der Waals surface area contributed by atoms with Crippen LogP contribution in [0.4, 0.5) is 4.39 Å². The lowest BCUT2D eigenvalue weighted by atomic mass is 9.49. The van der Waals surface area contributed by atoms with Crippen molar-refractivity contribution in [2.75, 3.05) is 6.61 Å². The highest BCUT2D eigenvalue weighted by molar-refractivity contribution is 5.78. The van der Waals surface area contributed by atoms with Crippen molar-refractivity contribution in [2.24, 2.45) is 23.7 Å². The van der Waals surface area contributed by atoms with Crippen molar-refractivity contribution in [3.8, 4) is 0 Å². The second-order valence-electron chi connectivity index (χ2n) is 7.31. The van der Waals surface area contributed by atoms with E-state index in [-0.39, 0.29) is 0 Å². The third kappa shape index (κ3) is 2.63. The van der Waals surface area contributed by atoms with Crippen LogP contribution in [0.3, 0.4) is 0 Å². The van der Waals surface area contributed by atoms with Gasteiger partial charge < -0.3 is 9.47 Å². The van der Waals surface area contributed by atoms with Crippen LogP contribution < -0.4 is 0 Å². The van der Waals surface area contributed by atoms with Crippen LogP contribution in [0.1, 0.15) is 52.4 Å². The Morgan fingerprint density at radius 3 is 2.14 bits per heavy atom. The molecule has 1 unspecified atom stereocenters.